The van der Waals surface area contributed by atoms with E-state index in [1.807, 2.05) is 0 Å². The van der Waals surface area contributed by atoms with Crippen molar-refractivity contribution < 1.29 is 65.5 Å². The number of rotatable bonds is 14. The van der Waals surface area contributed by atoms with E-state index in [2.05, 4.69) is 36.1 Å². The topological polar surface area (TPSA) is 344 Å². The van der Waals surface area contributed by atoms with Crippen molar-refractivity contribution in [1.29, 1.82) is 0 Å². The summed E-state index contributed by atoms with van der Waals surface area (Å²) >= 11 is 0. The van der Waals surface area contributed by atoms with E-state index in [1.54, 1.807) is 0 Å². The second kappa shape index (κ2) is 19.2. The van der Waals surface area contributed by atoms with E-state index in [-0.39, 0.29) is 55.7 Å². The van der Waals surface area contributed by atoms with Gasteiger partial charge < -0.3 is 31.1 Å². The molecule has 21 nitrogen and oxygen atoms in total. The van der Waals surface area contributed by atoms with E-state index >= 15 is 0 Å². The molecule has 0 spiro atoms. The molecule has 0 aliphatic heterocycles. The highest BCUT2D eigenvalue weighted by Gasteiger charge is 2.24. The second-order valence-electron chi connectivity index (χ2n) is 14.2. The Morgan fingerprint density at radius 2 is 0.897 bits per heavy atom. The van der Waals surface area contributed by atoms with Gasteiger partial charge in [-0.25, -0.2) is 14.6 Å². The Kier molecular flexibility index (Phi) is 13.3. The molecule has 0 unspecified atom stereocenters. The van der Waals surface area contributed by atoms with E-state index in [4.69, 9.17) is 10.2 Å². The first kappa shape index (κ1) is 46.9. The monoisotopic (exact) mass is 957 g/mol. The minimum Gasteiger partial charge on any atom is -0.505 e. The second-order valence-corrected chi connectivity index (χ2v) is 17.0. The number of carbonyl (C=O) groups excluding carboxylic acids is 2. The van der Waals surface area contributed by atoms with Gasteiger partial charge >= 0.3 is 11.9 Å². The largest absolute Gasteiger partial charge is 0.505 e. The fourth-order valence-electron chi connectivity index (χ4n) is 6.38. The molecule has 0 bridgehead atoms. The van der Waals surface area contributed by atoms with Crippen LogP contribution in [0.5, 0.6) is 11.5 Å². The molecule has 1 heterocycles. The first-order chi connectivity index (χ1) is 32.2. The minimum absolute atomic E-state index is 0.0479. The number of aromatic nitrogens is 1. The maximum atomic E-state index is 13.4. The predicted octanol–water partition coefficient (Wildman–Crippen LogP) is 8.82. The maximum absolute atomic E-state index is 13.4. The summed E-state index contributed by atoms with van der Waals surface area (Å²) in [7, 11) is -10.0. The lowest BCUT2D eigenvalue weighted by Crippen LogP contribution is -2.18. The van der Waals surface area contributed by atoms with Crippen LogP contribution in [0, 0.1) is 0 Å². The summed E-state index contributed by atoms with van der Waals surface area (Å²) < 4.78 is 69.8. The van der Waals surface area contributed by atoms with E-state index in [9.17, 15) is 55.3 Å². The number of carboxylic acid groups (broad SMARTS) is 2. The number of nitrogens with zero attached hydrogens (tertiary/aromatic N) is 5. The highest BCUT2D eigenvalue weighted by molar-refractivity contribution is 7.86. The zero-order chi connectivity index (χ0) is 48.9. The van der Waals surface area contributed by atoms with Crippen LogP contribution in [0.3, 0.4) is 0 Å². The summed E-state index contributed by atoms with van der Waals surface area (Å²) in [5.74, 6) is -5.26. The van der Waals surface area contributed by atoms with Crippen LogP contribution in [0.4, 0.5) is 34.1 Å². The van der Waals surface area contributed by atoms with E-state index in [0.717, 1.165) is 24.3 Å². The van der Waals surface area contributed by atoms with Gasteiger partial charge in [0.25, 0.3) is 32.1 Å². The van der Waals surface area contributed by atoms with Gasteiger partial charge in [0.05, 0.1) is 11.4 Å². The molecule has 6 aromatic carbocycles. The van der Waals surface area contributed by atoms with E-state index in [1.165, 1.54) is 115 Å². The molecule has 1 aromatic heterocycles. The molecule has 0 fully saturated rings. The number of fused-ring (bicyclic) bond motifs is 2. The average molecular weight is 958 g/mol. The number of benzene rings is 6. The molecular weight excluding hydrogens is 927 g/mol. The van der Waals surface area contributed by atoms with Gasteiger partial charge in [-0.1, -0.05) is 30.3 Å². The fraction of sp³-hybridized carbons (Fsp3) is 0. The van der Waals surface area contributed by atoms with Gasteiger partial charge in [0.15, 0.2) is 11.5 Å². The summed E-state index contributed by atoms with van der Waals surface area (Å²) in [6.07, 6.45) is 4.54. The van der Waals surface area contributed by atoms with Gasteiger partial charge in [0.2, 0.25) is 0 Å². The number of amides is 2. The van der Waals surface area contributed by atoms with Crippen LogP contribution in [0.1, 0.15) is 32.1 Å². The number of nitrogens with one attached hydrogen (secondary N) is 2. The lowest BCUT2D eigenvalue weighted by Gasteiger charge is -2.12. The number of anilines is 2. The van der Waals surface area contributed by atoms with Crippen molar-refractivity contribution in [3.05, 3.63) is 150 Å². The van der Waals surface area contributed by atoms with Crippen LogP contribution >= 0.6 is 0 Å². The summed E-state index contributed by atoms with van der Waals surface area (Å²) in [4.78, 5) is 50.8. The smallest absolute Gasteiger partial charge is 0.328 e. The van der Waals surface area contributed by atoms with Gasteiger partial charge in [-0.15, -0.1) is 10.2 Å². The minimum atomic E-state index is -5.01. The molecule has 0 aliphatic carbocycles. The highest BCUT2D eigenvalue weighted by atomic mass is 32.2. The summed E-state index contributed by atoms with van der Waals surface area (Å²) in [5.41, 5.74) is -0.0388. The van der Waals surface area contributed by atoms with Gasteiger partial charge in [-0.3, -0.25) is 18.7 Å². The summed E-state index contributed by atoms with van der Waals surface area (Å²) in [6, 6.07) is 25.9. The summed E-state index contributed by atoms with van der Waals surface area (Å²) in [6.45, 7) is 0. The molecule has 0 aliphatic rings. The van der Waals surface area contributed by atoms with Crippen molar-refractivity contribution in [2.75, 3.05) is 10.6 Å². The Labute approximate surface area is 383 Å². The van der Waals surface area contributed by atoms with E-state index in [0.29, 0.717) is 11.1 Å². The molecular formula is C45H31N7O14S2. The lowest BCUT2D eigenvalue weighted by atomic mass is 10.1. The zero-order valence-electron chi connectivity index (χ0n) is 34.3. The third-order valence-electron chi connectivity index (χ3n) is 9.54. The number of aromatic hydroxyl groups is 2. The van der Waals surface area contributed by atoms with Crippen molar-refractivity contribution in [1.82, 2.24) is 4.98 Å². The van der Waals surface area contributed by atoms with Crippen molar-refractivity contribution in [3.63, 3.8) is 0 Å². The third-order valence-corrected chi connectivity index (χ3v) is 11.3. The number of phenols is 2. The molecule has 68 heavy (non-hydrogen) atoms. The molecule has 8 N–H and O–H groups in total. The molecule has 2 amide bonds. The quantitative estimate of drug-likeness (QED) is 0.0287. The van der Waals surface area contributed by atoms with Gasteiger partial charge in [0.1, 0.15) is 32.6 Å². The number of hydrogen-bond donors (Lipinski definition) is 8. The summed E-state index contributed by atoms with van der Waals surface area (Å²) in [5, 5.41) is 60.8. The number of pyridine rings is 1. The molecule has 342 valence electrons. The van der Waals surface area contributed by atoms with Crippen molar-refractivity contribution in [3.8, 4) is 11.5 Å². The molecule has 0 saturated carbocycles. The Morgan fingerprint density at radius 1 is 0.515 bits per heavy atom. The van der Waals surface area contributed by atoms with Gasteiger partial charge in [0, 0.05) is 34.3 Å². The first-order valence-corrected chi connectivity index (χ1v) is 22.1. The first-order valence-electron chi connectivity index (χ1n) is 19.2. The zero-order valence-corrected chi connectivity index (χ0v) is 35.9. The van der Waals surface area contributed by atoms with Gasteiger partial charge in [-0.05, 0) is 119 Å². The predicted molar refractivity (Wildman–Crippen MR) is 246 cm³/mol. The van der Waals surface area contributed by atoms with Crippen LogP contribution in [0.25, 0.3) is 33.7 Å². The Morgan fingerprint density at radius 3 is 1.25 bits per heavy atom. The number of azo groups is 2. The number of aliphatic carboxylic acids is 2. The van der Waals surface area contributed by atoms with Crippen LogP contribution in [0.2, 0.25) is 0 Å². The molecule has 23 heteroatoms. The average Bonchev–Trinajstić information content (AvgIpc) is 3.29. The van der Waals surface area contributed by atoms with Crippen molar-refractivity contribution in [2.24, 2.45) is 20.5 Å². The number of phenolic OH excluding ortho intramolecular Hbond substituents is 2. The Bertz CT molecular complexity index is 3350. The van der Waals surface area contributed by atoms with Crippen LogP contribution in [0.15, 0.2) is 158 Å². The molecule has 7 aromatic rings. The fourth-order valence-corrected chi connectivity index (χ4v) is 7.69. The Balaban J connectivity index is 1.08. The molecule has 0 radical (unpaired) electrons. The SMILES string of the molecule is O=C(O)/C=C/c1ccc(N=Nc2c(S(=O)(=O)O)cc3cc(NC(=O)c4cccc(C(=O)Nc5ccc6c(O)c(N=Nc7ccc(/C=C/C(=O)O)cc7)c(S(=O)(=O)O)cc6c5)n4)ccc3c2O)cc1. The highest BCUT2D eigenvalue weighted by Crippen LogP contribution is 2.43. The lowest BCUT2D eigenvalue weighted by molar-refractivity contribution is -0.132. The Hall–Kier alpha value is -9.03. The van der Waals surface area contributed by atoms with Gasteiger partial charge in [-0.2, -0.15) is 27.1 Å². The molecule has 0 atom stereocenters. The standard InChI is InChI=1S/C45H31N7O14S2/c53-38(54)18-8-24-4-10-28(11-5-24)49-51-40-36(67(61,62)63)22-26-20-30(14-16-32(26)42(40)57)46-44(59)34-2-1-3-35(48-34)45(60)47-31-15-17-33-27(21-31)23-37(68(64,65)66)41(43(33)58)52-50-29-12-6-25(7-13-29)9-19-39(55)56/h1-23,57-58H,(H,46,59)(H,47,60)(H,53,54)(H,55,56)(H,61,62,63)(H,64,65,66)/b18-8+,19-9+,51-49?,52-50?. The van der Waals surface area contributed by atoms with Crippen LogP contribution < -0.4 is 10.6 Å². The molecule has 7 rings (SSSR count). The van der Waals surface area contributed by atoms with Crippen molar-refractivity contribution >= 4 is 112 Å². The third kappa shape index (κ3) is 11.1. The maximum Gasteiger partial charge on any atom is 0.328 e. The number of carboxylic acids is 2. The van der Waals surface area contributed by atoms with Crippen molar-refractivity contribution in [2.45, 2.75) is 9.79 Å². The molecule has 0 saturated heterocycles. The number of hydrogen-bond acceptors (Lipinski definition) is 15. The van der Waals surface area contributed by atoms with Crippen LogP contribution in [-0.2, 0) is 29.8 Å². The van der Waals surface area contributed by atoms with Crippen LogP contribution in [-0.4, -0.2) is 75.1 Å². The van der Waals surface area contributed by atoms with E-state index < -0.39 is 76.7 Å². The normalized spacial score (nSPS) is 12.1. The number of carbonyl (C=O) groups is 4.